The Morgan fingerprint density at radius 1 is 1.24 bits per heavy atom. The van der Waals surface area contributed by atoms with E-state index in [0.717, 1.165) is 10.0 Å². The number of carbonyl (C=O) groups excluding carboxylic acids is 1. The van der Waals surface area contributed by atoms with E-state index < -0.39 is 0 Å². The molecule has 0 saturated heterocycles. The monoisotopic (exact) mass is 345 g/mol. The van der Waals surface area contributed by atoms with Crippen LogP contribution in [-0.4, -0.2) is 15.7 Å². The molecular weight excluding hydrogens is 334 g/mol. The van der Waals surface area contributed by atoms with Gasteiger partial charge in [0.2, 0.25) is 0 Å². The van der Waals surface area contributed by atoms with E-state index in [4.69, 9.17) is 4.42 Å². The summed E-state index contributed by atoms with van der Waals surface area (Å²) >= 11 is 3.40. The maximum atomic E-state index is 12.0. The van der Waals surface area contributed by atoms with Gasteiger partial charge in [-0.15, -0.1) is 0 Å². The van der Waals surface area contributed by atoms with E-state index in [1.54, 1.807) is 23.0 Å². The van der Waals surface area contributed by atoms with Crippen LogP contribution in [0, 0.1) is 0 Å². The smallest absolute Gasteiger partial charge is 0.260 e. The minimum Gasteiger partial charge on any atom is -0.472 e. The Kier molecular flexibility index (Phi) is 3.87. The summed E-state index contributed by atoms with van der Waals surface area (Å²) in [6.45, 7) is 0.585. The fourth-order valence-electron chi connectivity index (χ4n) is 1.91. The third-order valence-electron chi connectivity index (χ3n) is 2.99. The van der Waals surface area contributed by atoms with Gasteiger partial charge in [-0.25, -0.2) is 4.68 Å². The summed E-state index contributed by atoms with van der Waals surface area (Å²) in [6.07, 6.45) is 4.53. The van der Waals surface area contributed by atoms with E-state index in [0.29, 0.717) is 17.9 Å². The van der Waals surface area contributed by atoms with Crippen LogP contribution in [-0.2, 0) is 6.54 Å². The Morgan fingerprint density at radius 3 is 2.76 bits per heavy atom. The highest BCUT2D eigenvalue weighted by Crippen LogP contribution is 2.14. The van der Waals surface area contributed by atoms with Crippen LogP contribution in [0.15, 0.2) is 64.0 Å². The van der Waals surface area contributed by atoms with Crippen molar-refractivity contribution < 1.29 is 9.21 Å². The second kappa shape index (κ2) is 5.97. The number of halogens is 1. The van der Waals surface area contributed by atoms with Crippen molar-refractivity contribution in [2.45, 2.75) is 6.54 Å². The summed E-state index contributed by atoms with van der Waals surface area (Å²) in [5.41, 5.74) is 1.58. The van der Waals surface area contributed by atoms with Crippen molar-refractivity contribution in [3.8, 4) is 0 Å². The lowest BCUT2D eigenvalue weighted by Gasteiger charge is -2.08. The van der Waals surface area contributed by atoms with Crippen molar-refractivity contribution in [2.24, 2.45) is 0 Å². The highest BCUT2D eigenvalue weighted by atomic mass is 79.9. The summed E-state index contributed by atoms with van der Waals surface area (Å²) in [7, 11) is 0. The first kappa shape index (κ1) is 13.6. The zero-order valence-electron chi connectivity index (χ0n) is 11.0. The lowest BCUT2D eigenvalue weighted by molar-refractivity contribution is 0.102. The Morgan fingerprint density at radius 2 is 2.05 bits per heavy atom. The van der Waals surface area contributed by atoms with Crippen LogP contribution in [0.2, 0.25) is 0 Å². The van der Waals surface area contributed by atoms with Crippen LogP contribution in [0.3, 0.4) is 0 Å². The second-order valence-corrected chi connectivity index (χ2v) is 5.38. The molecule has 1 aromatic carbocycles. The molecule has 3 aromatic rings. The number of amides is 1. The molecule has 2 heterocycles. The van der Waals surface area contributed by atoms with Crippen molar-refractivity contribution in [3.05, 3.63) is 70.7 Å². The third-order valence-corrected chi connectivity index (χ3v) is 3.52. The minimum absolute atomic E-state index is 0.221. The molecule has 0 spiro atoms. The SMILES string of the molecule is O=C(Nc1ccnn1Cc1ccc(Br)cc1)c1ccoc1. The first-order valence-corrected chi connectivity index (χ1v) is 7.11. The van der Waals surface area contributed by atoms with E-state index in [2.05, 4.69) is 26.3 Å². The van der Waals surface area contributed by atoms with Gasteiger partial charge in [-0.2, -0.15) is 5.10 Å². The average Bonchev–Trinajstić information content (AvgIpc) is 3.14. The molecule has 0 bridgehead atoms. The zero-order chi connectivity index (χ0) is 14.7. The third kappa shape index (κ3) is 3.22. The number of hydrogen-bond donors (Lipinski definition) is 1. The van der Waals surface area contributed by atoms with Gasteiger partial charge in [-0.3, -0.25) is 4.79 Å². The first-order chi connectivity index (χ1) is 10.2. The summed E-state index contributed by atoms with van der Waals surface area (Å²) in [6, 6.07) is 11.3. The molecule has 0 radical (unpaired) electrons. The Balaban J connectivity index is 1.75. The van der Waals surface area contributed by atoms with E-state index in [-0.39, 0.29) is 5.91 Å². The summed E-state index contributed by atoms with van der Waals surface area (Å²) in [4.78, 5) is 12.0. The van der Waals surface area contributed by atoms with Crippen molar-refractivity contribution in [3.63, 3.8) is 0 Å². The fourth-order valence-corrected chi connectivity index (χ4v) is 2.17. The highest BCUT2D eigenvalue weighted by Gasteiger charge is 2.10. The zero-order valence-corrected chi connectivity index (χ0v) is 12.6. The number of carbonyl (C=O) groups is 1. The molecule has 106 valence electrons. The minimum atomic E-state index is -0.221. The number of benzene rings is 1. The van der Waals surface area contributed by atoms with Crippen LogP contribution in [0.5, 0.6) is 0 Å². The molecule has 2 aromatic heterocycles. The van der Waals surface area contributed by atoms with Gasteiger partial charge in [-0.1, -0.05) is 28.1 Å². The fraction of sp³-hybridized carbons (Fsp3) is 0.0667. The van der Waals surface area contributed by atoms with Crippen LogP contribution < -0.4 is 5.32 Å². The van der Waals surface area contributed by atoms with Gasteiger partial charge in [-0.05, 0) is 23.8 Å². The van der Waals surface area contributed by atoms with Crippen LogP contribution in [0.4, 0.5) is 5.82 Å². The van der Waals surface area contributed by atoms with Crippen molar-refractivity contribution in [1.82, 2.24) is 9.78 Å². The molecule has 3 rings (SSSR count). The molecular formula is C15H12BrN3O2. The number of hydrogen-bond acceptors (Lipinski definition) is 3. The van der Waals surface area contributed by atoms with E-state index in [9.17, 15) is 4.79 Å². The van der Waals surface area contributed by atoms with Crippen molar-refractivity contribution >= 4 is 27.7 Å². The number of nitrogens with zero attached hydrogens (tertiary/aromatic N) is 2. The Hall–Kier alpha value is -2.34. The standard InChI is InChI=1S/C15H12BrN3O2/c16-13-3-1-11(2-4-13)9-19-14(5-7-17-19)18-15(20)12-6-8-21-10-12/h1-8,10H,9H2,(H,18,20). The summed E-state index contributed by atoms with van der Waals surface area (Å²) in [5.74, 6) is 0.422. The van der Waals surface area contributed by atoms with E-state index in [1.165, 1.54) is 12.5 Å². The van der Waals surface area contributed by atoms with E-state index in [1.807, 2.05) is 24.3 Å². The molecule has 0 aliphatic rings. The number of rotatable bonds is 4. The Bertz CT molecular complexity index is 733. The van der Waals surface area contributed by atoms with Gasteiger partial charge in [0.25, 0.3) is 5.91 Å². The molecule has 0 fully saturated rings. The molecule has 1 N–H and O–H groups in total. The van der Waals surface area contributed by atoms with Crippen molar-refractivity contribution in [1.29, 1.82) is 0 Å². The van der Waals surface area contributed by atoms with Gasteiger partial charge in [0.1, 0.15) is 12.1 Å². The van der Waals surface area contributed by atoms with Crippen molar-refractivity contribution in [2.75, 3.05) is 5.32 Å². The number of nitrogens with one attached hydrogen (secondary N) is 1. The average molecular weight is 346 g/mol. The molecule has 0 unspecified atom stereocenters. The molecule has 21 heavy (non-hydrogen) atoms. The maximum Gasteiger partial charge on any atom is 0.260 e. The topological polar surface area (TPSA) is 60.1 Å². The highest BCUT2D eigenvalue weighted by molar-refractivity contribution is 9.10. The van der Waals surface area contributed by atoms with E-state index >= 15 is 0 Å². The van der Waals surface area contributed by atoms with Gasteiger partial charge >= 0.3 is 0 Å². The van der Waals surface area contributed by atoms with Crippen LogP contribution in [0.25, 0.3) is 0 Å². The lowest BCUT2D eigenvalue weighted by Crippen LogP contribution is -2.15. The summed E-state index contributed by atoms with van der Waals surface area (Å²) in [5, 5.41) is 7.05. The number of aromatic nitrogens is 2. The molecule has 0 aliphatic heterocycles. The molecule has 0 aliphatic carbocycles. The first-order valence-electron chi connectivity index (χ1n) is 6.32. The van der Waals surface area contributed by atoms with Crippen LogP contribution in [0.1, 0.15) is 15.9 Å². The predicted molar refractivity (Wildman–Crippen MR) is 82.1 cm³/mol. The lowest BCUT2D eigenvalue weighted by atomic mass is 10.2. The predicted octanol–water partition coefficient (Wildman–Crippen LogP) is 3.54. The van der Waals surface area contributed by atoms with Gasteiger partial charge in [0.05, 0.1) is 24.6 Å². The molecule has 5 nitrogen and oxygen atoms in total. The molecule has 6 heteroatoms. The molecule has 0 saturated carbocycles. The van der Waals surface area contributed by atoms with Gasteiger partial charge < -0.3 is 9.73 Å². The number of anilines is 1. The van der Waals surface area contributed by atoms with Crippen LogP contribution >= 0.6 is 15.9 Å². The summed E-state index contributed by atoms with van der Waals surface area (Å²) < 4.78 is 7.67. The largest absolute Gasteiger partial charge is 0.472 e. The molecule has 0 atom stereocenters. The molecule has 1 amide bonds. The Labute approximate surface area is 129 Å². The normalized spacial score (nSPS) is 10.5. The van der Waals surface area contributed by atoms with Gasteiger partial charge in [0.15, 0.2) is 0 Å². The maximum absolute atomic E-state index is 12.0. The van der Waals surface area contributed by atoms with Gasteiger partial charge in [0, 0.05) is 10.5 Å². The number of furan rings is 1. The second-order valence-electron chi connectivity index (χ2n) is 4.47. The quantitative estimate of drug-likeness (QED) is 0.786.